The first-order chi connectivity index (χ1) is 17.0. The van der Waals surface area contributed by atoms with Crippen LogP contribution in [0.15, 0.2) is 83.3 Å². The minimum absolute atomic E-state index is 0.245. The fourth-order valence-corrected chi connectivity index (χ4v) is 4.89. The summed E-state index contributed by atoms with van der Waals surface area (Å²) < 4.78 is 6.00. The maximum Gasteiger partial charge on any atom is 0.356 e. The lowest BCUT2D eigenvalue weighted by molar-refractivity contribution is 0.0594. The molecular formula is C29H20BrN3O2. The molecule has 0 spiro atoms. The molecule has 3 aromatic carbocycles. The number of nitrogens with zero attached hydrogens (tertiary/aromatic N) is 2. The summed E-state index contributed by atoms with van der Waals surface area (Å²) in [5.74, 6) is -0.484. The first-order valence-corrected chi connectivity index (χ1v) is 12.0. The van der Waals surface area contributed by atoms with Crippen molar-refractivity contribution in [3.63, 3.8) is 0 Å². The number of rotatable bonds is 3. The van der Waals surface area contributed by atoms with Gasteiger partial charge in [-0.25, -0.2) is 14.8 Å². The van der Waals surface area contributed by atoms with Gasteiger partial charge in [-0.2, -0.15) is 0 Å². The molecule has 6 rings (SSSR count). The second-order valence-corrected chi connectivity index (χ2v) is 9.44. The number of carbonyl (C=O) groups excluding carboxylic acids is 1. The summed E-state index contributed by atoms with van der Waals surface area (Å²) >= 11 is 3.60. The molecule has 170 valence electrons. The summed E-state index contributed by atoms with van der Waals surface area (Å²) in [5.41, 5.74) is 7.50. The number of ether oxygens (including phenoxy) is 1. The Bertz CT molecular complexity index is 1770. The predicted molar refractivity (Wildman–Crippen MR) is 144 cm³/mol. The van der Waals surface area contributed by atoms with E-state index in [1.54, 1.807) is 6.07 Å². The second kappa shape index (κ2) is 8.32. The van der Waals surface area contributed by atoms with Gasteiger partial charge in [0.2, 0.25) is 0 Å². The number of methoxy groups -OCH3 is 1. The fourth-order valence-electron chi connectivity index (χ4n) is 4.53. The Balaban J connectivity index is 1.70. The van der Waals surface area contributed by atoms with Crippen molar-refractivity contribution in [1.82, 2.24) is 15.0 Å². The zero-order valence-electron chi connectivity index (χ0n) is 19.1. The summed E-state index contributed by atoms with van der Waals surface area (Å²) in [6.07, 6.45) is 0. The monoisotopic (exact) mass is 521 g/mol. The molecule has 0 amide bonds. The number of esters is 1. The molecule has 3 heterocycles. The number of pyridine rings is 2. The number of aromatic nitrogens is 3. The molecule has 0 bridgehead atoms. The Morgan fingerprint density at radius 3 is 2.49 bits per heavy atom. The molecule has 0 radical (unpaired) electrons. The Hall–Kier alpha value is -4.03. The van der Waals surface area contributed by atoms with E-state index in [0.717, 1.165) is 48.3 Å². The summed E-state index contributed by atoms with van der Waals surface area (Å²) in [6.45, 7) is 2.07. The average molecular weight is 522 g/mol. The summed E-state index contributed by atoms with van der Waals surface area (Å²) in [5, 5.41) is 2.95. The third-order valence-corrected chi connectivity index (χ3v) is 6.76. The van der Waals surface area contributed by atoms with Crippen LogP contribution in [0.1, 0.15) is 16.1 Å². The number of halogens is 1. The van der Waals surface area contributed by atoms with Gasteiger partial charge >= 0.3 is 5.97 Å². The summed E-state index contributed by atoms with van der Waals surface area (Å²) in [6, 6.07) is 26.3. The number of fused-ring (bicyclic) bond motifs is 4. The molecule has 0 aliphatic carbocycles. The number of carbonyl (C=O) groups is 1. The molecule has 0 unspecified atom stereocenters. The van der Waals surface area contributed by atoms with Crippen molar-refractivity contribution in [3.8, 4) is 22.5 Å². The van der Waals surface area contributed by atoms with E-state index in [-0.39, 0.29) is 5.69 Å². The standard InChI is InChI=1S/C29H20BrN3O2/c1-16-7-9-17(10-8-16)20-14-25(31-24-12-11-18(30)13-21(20)24)28-27-22(15-26(33-28)29(34)35-2)19-5-3-4-6-23(19)32-27/h3-15,32H,1-2H3. The van der Waals surface area contributed by atoms with Crippen molar-refractivity contribution in [3.05, 3.63) is 94.6 Å². The molecule has 0 saturated carbocycles. The van der Waals surface area contributed by atoms with Crippen LogP contribution >= 0.6 is 15.9 Å². The van der Waals surface area contributed by atoms with E-state index in [1.165, 1.54) is 12.7 Å². The van der Waals surface area contributed by atoms with E-state index in [1.807, 2.05) is 42.5 Å². The maximum absolute atomic E-state index is 12.5. The van der Waals surface area contributed by atoms with Gasteiger partial charge in [0, 0.05) is 26.1 Å². The zero-order chi connectivity index (χ0) is 24.1. The van der Waals surface area contributed by atoms with Crippen LogP contribution in [0.25, 0.3) is 55.2 Å². The smallest absolute Gasteiger partial charge is 0.356 e. The quantitative estimate of drug-likeness (QED) is 0.245. The van der Waals surface area contributed by atoms with Gasteiger partial charge in [0.15, 0.2) is 0 Å². The van der Waals surface area contributed by atoms with Gasteiger partial charge in [0.25, 0.3) is 0 Å². The van der Waals surface area contributed by atoms with Crippen LogP contribution in [0.4, 0.5) is 0 Å². The molecule has 35 heavy (non-hydrogen) atoms. The van der Waals surface area contributed by atoms with Crippen LogP contribution in [-0.2, 0) is 4.74 Å². The molecule has 0 aliphatic heterocycles. The maximum atomic E-state index is 12.5. The summed E-state index contributed by atoms with van der Waals surface area (Å²) in [4.78, 5) is 25.8. The highest BCUT2D eigenvalue weighted by atomic mass is 79.9. The number of H-pyrrole nitrogens is 1. The van der Waals surface area contributed by atoms with Gasteiger partial charge in [0.1, 0.15) is 11.4 Å². The second-order valence-electron chi connectivity index (χ2n) is 8.52. The van der Waals surface area contributed by atoms with Crippen molar-refractivity contribution in [2.45, 2.75) is 6.92 Å². The van der Waals surface area contributed by atoms with Gasteiger partial charge in [-0.15, -0.1) is 0 Å². The van der Waals surface area contributed by atoms with Gasteiger partial charge in [-0.1, -0.05) is 64.0 Å². The number of aromatic amines is 1. The van der Waals surface area contributed by atoms with Crippen molar-refractivity contribution in [1.29, 1.82) is 0 Å². The largest absolute Gasteiger partial charge is 0.464 e. The zero-order valence-corrected chi connectivity index (χ0v) is 20.7. The molecule has 5 nitrogen and oxygen atoms in total. The summed E-state index contributed by atoms with van der Waals surface area (Å²) in [7, 11) is 1.37. The fraction of sp³-hybridized carbons (Fsp3) is 0.0690. The van der Waals surface area contributed by atoms with Crippen LogP contribution < -0.4 is 0 Å². The van der Waals surface area contributed by atoms with Crippen LogP contribution in [0.3, 0.4) is 0 Å². The molecule has 6 aromatic rings. The Kier molecular flexibility index (Phi) is 5.11. The Morgan fingerprint density at radius 1 is 0.886 bits per heavy atom. The minimum atomic E-state index is -0.484. The van der Waals surface area contributed by atoms with E-state index in [9.17, 15) is 4.79 Å². The van der Waals surface area contributed by atoms with Gasteiger partial charge < -0.3 is 9.72 Å². The van der Waals surface area contributed by atoms with Gasteiger partial charge in [-0.3, -0.25) is 0 Å². The van der Waals surface area contributed by atoms with Gasteiger partial charge in [0.05, 0.1) is 23.8 Å². The van der Waals surface area contributed by atoms with E-state index >= 15 is 0 Å². The number of hydrogen-bond acceptors (Lipinski definition) is 4. The molecule has 0 aliphatic rings. The van der Waals surface area contributed by atoms with Crippen LogP contribution in [0, 0.1) is 6.92 Å². The van der Waals surface area contributed by atoms with E-state index in [2.05, 4.69) is 58.2 Å². The van der Waals surface area contributed by atoms with Crippen molar-refractivity contribution in [2.24, 2.45) is 0 Å². The first kappa shape index (κ1) is 21.5. The predicted octanol–water partition coefficient (Wildman–Crippen LogP) is 7.46. The third kappa shape index (κ3) is 3.67. The third-order valence-electron chi connectivity index (χ3n) is 6.27. The van der Waals surface area contributed by atoms with Crippen molar-refractivity contribution in [2.75, 3.05) is 7.11 Å². The molecule has 0 fully saturated rings. The number of aryl methyl sites for hydroxylation is 1. The van der Waals surface area contributed by atoms with Crippen molar-refractivity contribution >= 4 is 54.6 Å². The molecule has 6 heteroatoms. The average Bonchev–Trinajstić information content (AvgIpc) is 3.26. The normalized spacial score (nSPS) is 11.4. The first-order valence-electron chi connectivity index (χ1n) is 11.2. The van der Waals surface area contributed by atoms with Gasteiger partial charge in [-0.05, 0) is 54.4 Å². The number of nitrogens with one attached hydrogen (secondary N) is 1. The minimum Gasteiger partial charge on any atom is -0.464 e. The van der Waals surface area contributed by atoms with Crippen molar-refractivity contribution < 1.29 is 9.53 Å². The van der Waals surface area contributed by atoms with Crippen LogP contribution in [0.5, 0.6) is 0 Å². The van der Waals surface area contributed by atoms with E-state index in [0.29, 0.717) is 11.4 Å². The highest BCUT2D eigenvalue weighted by Gasteiger charge is 2.20. The molecule has 3 aromatic heterocycles. The Morgan fingerprint density at radius 2 is 1.69 bits per heavy atom. The number of hydrogen-bond donors (Lipinski definition) is 1. The number of benzene rings is 3. The lowest BCUT2D eigenvalue weighted by Gasteiger charge is -2.12. The van der Waals surface area contributed by atoms with E-state index < -0.39 is 5.97 Å². The molecular weight excluding hydrogens is 502 g/mol. The molecule has 0 saturated heterocycles. The highest BCUT2D eigenvalue weighted by Crippen LogP contribution is 2.37. The topological polar surface area (TPSA) is 67.9 Å². The number of para-hydroxylation sites is 1. The Labute approximate surface area is 209 Å². The highest BCUT2D eigenvalue weighted by molar-refractivity contribution is 9.10. The lowest BCUT2D eigenvalue weighted by Crippen LogP contribution is -2.05. The van der Waals surface area contributed by atoms with Crippen LogP contribution in [-0.4, -0.2) is 28.0 Å². The lowest BCUT2D eigenvalue weighted by atomic mass is 9.98. The van der Waals surface area contributed by atoms with E-state index in [4.69, 9.17) is 14.7 Å². The van der Waals surface area contributed by atoms with Crippen LogP contribution in [0.2, 0.25) is 0 Å². The molecule has 1 N–H and O–H groups in total. The SMILES string of the molecule is COC(=O)c1cc2c([nH]c3ccccc32)c(-c2cc(-c3ccc(C)cc3)c3cc(Br)ccc3n2)n1. The molecule has 0 atom stereocenters.